The van der Waals surface area contributed by atoms with Gasteiger partial charge in [0.2, 0.25) is 11.8 Å². The zero-order chi connectivity index (χ0) is 21.1. The summed E-state index contributed by atoms with van der Waals surface area (Å²) in [6.45, 7) is 0.377. The number of carbonyl (C=O) groups is 2. The second-order valence-corrected chi connectivity index (χ2v) is 9.11. The summed E-state index contributed by atoms with van der Waals surface area (Å²) in [5.74, 6) is 1.04. The fourth-order valence-corrected chi connectivity index (χ4v) is 4.38. The van der Waals surface area contributed by atoms with Gasteiger partial charge in [0, 0.05) is 29.3 Å². The van der Waals surface area contributed by atoms with E-state index < -0.39 is 5.92 Å². The van der Waals surface area contributed by atoms with Crippen LogP contribution in [0.4, 0.5) is 5.69 Å². The molecule has 0 saturated carbocycles. The summed E-state index contributed by atoms with van der Waals surface area (Å²) >= 11 is 5.12. The molecule has 30 heavy (non-hydrogen) atoms. The van der Waals surface area contributed by atoms with E-state index in [-0.39, 0.29) is 24.3 Å². The minimum Gasteiger partial charge on any atom is -0.346 e. The molecule has 7 nitrogen and oxygen atoms in total. The first-order valence-corrected chi connectivity index (χ1v) is 11.9. The number of carbonyl (C=O) groups excluding carboxylic acids is 2. The van der Waals surface area contributed by atoms with Crippen molar-refractivity contribution in [2.45, 2.75) is 18.9 Å². The first-order chi connectivity index (χ1) is 14.6. The third kappa shape index (κ3) is 4.37. The molecule has 0 radical (unpaired) electrons. The molecule has 1 aliphatic rings. The quantitative estimate of drug-likeness (QED) is 0.551. The zero-order valence-corrected chi connectivity index (χ0v) is 18.9. The SMILES string of the molecule is CSCCC(NC(=O)C1CC(=O)N(c2ccc(Br)cc2)C1)c1nnc2ccccn12. The van der Waals surface area contributed by atoms with E-state index in [2.05, 4.69) is 31.4 Å². The lowest BCUT2D eigenvalue weighted by Crippen LogP contribution is -2.36. The molecule has 2 aromatic heterocycles. The van der Waals surface area contributed by atoms with E-state index in [4.69, 9.17) is 0 Å². The highest BCUT2D eigenvalue weighted by atomic mass is 79.9. The highest BCUT2D eigenvalue weighted by Gasteiger charge is 2.36. The van der Waals surface area contributed by atoms with Crippen molar-refractivity contribution in [3.05, 3.63) is 59.0 Å². The van der Waals surface area contributed by atoms with Crippen LogP contribution in [0.5, 0.6) is 0 Å². The van der Waals surface area contributed by atoms with Crippen LogP contribution in [0.2, 0.25) is 0 Å². The van der Waals surface area contributed by atoms with E-state index >= 15 is 0 Å². The van der Waals surface area contributed by atoms with E-state index in [1.54, 1.807) is 16.7 Å². The molecule has 1 aliphatic heterocycles. The molecular formula is C21H22BrN5O2S. The molecule has 3 aromatic rings. The van der Waals surface area contributed by atoms with Gasteiger partial charge in [-0.2, -0.15) is 11.8 Å². The second kappa shape index (κ2) is 9.18. The molecule has 1 saturated heterocycles. The maximum Gasteiger partial charge on any atom is 0.227 e. The van der Waals surface area contributed by atoms with Crippen LogP contribution in [0, 0.1) is 5.92 Å². The molecule has 2 atom stereocenters. The minimum atomic E-state index is -0.392. The van der Waals surface area contributed by atoms with Crippen molar-refractivity contribution in [1.82, 2.24) is 19.9 Å². The lowest BCUT2D eigenvalue weighted by atomic mass is 10.1. The van der Waals surface area contributed by atoms with Crippen molar-refractivity contribution in [1.29, 1.82) is 0 Å². The summed E-state index contributed by atoms with van der Waals surface area (Å²) in [5, 5.41) is 11.7. The van der Waals surface area contributed by atoms with Crippen LogP contribution in [0.3, 0.4) is 0 Å². The highest BCUT2D eigenvalue weighted by Crippen LogP contribution is 2.27. The first-order valence-electron chi connectivity index (χ1n) is 9.71. The lowest BCUT2D eigenvalue weighted by molar-refractivity contribution is -0.127. The van der Waals surface area contributed by atoms with Crippen molar-refractivity contribution in [3.63, 3.8) is 0 Å². The van der Waals surface area contributed by atoms with Crippen molar-refractivity contribution in [2.75, 3.05) is 23.5 Å². The Kier molecular flexibility index (Phi) is 6.38. The predicted molar refractivity (Wildman–Crippen MR) is 121 cm³/mol. The smallest absolute Gasteiger partial charge is 0.227 e. The number of benzene rings is 1. The standard InChI is InChI=1S/C21H22BrN5O2S/c1-30-11-9-17(20-25-24-18-4-2-3-10-26(18)20)23-21(29)14-12-19(28)27(13-14)16-7-5-15(22)6-8-16/h2-8,10,14,17H,9,11-13H2,1H3,(H,23,29). The highest BCUT2D eigenvalue weighted by molar-refractivity contribution is 9.10. The second-order valence-electron chi connectivity index (χ2n) is 7.21. The number of rotatable bonds is 7. The Morgan fingerprint density at radius 3 is 2.83 bits per heavy atom. The van der Waals surface area contributed by atoms with Crippen LogP contribution in [-0.4, -0.2) is 45.0 Å². The topological polar surface area (TPSA) is 79.6 Å². The van der Waals surface area contributed by atoms with Gasteiger partial charge >= 0.3 is 0 Å². The number of amides is 2. The molecule has 9 heteroatoms. The van der Waals surface area contributed by atoms with Gasteiger partial charge in [0.1, 0.15) is 0 Å². The Labute approximate surface area is 187 Å². The first kappa shape index (κ1) is 20.9. The molecule has 0 bridgehead atoms. The van der Waals surface area contributed by atoms with Gasteiger partial charge in [0.15, 0.2) is 11.5 Å². The van der Waals surface area contributed by atoms with Crippen molar-refractivity contribution in [2.24, 2.45) is 5.92 Å². The van der Waals surface area contributed by atoms with Crippen LogP contribution in [-0.2, 0) is 9.59 Å². The normalized spacial score (nSPS) is 17.5. The summed E-state index contributed by atoms with van der Waals surface area (Å²) in [7, 11) is 0. The third-order valence-electron chi connectivity index (χ3n) is 5.21. The summed E-state index contributed by atoms with van der Waals surface area (Å²) in [6, 6.07) is 13.0. The number of hydrogen-bond acceptors (Lipinski definition) is 5. The van der Waals surface area contributed by atoms with Crippen LogP contribution < -0.4 is 10.2 Å². The average Bonchev–Trinajstić information content (AvgIpc) is 3.35. The summed E-state index contributed by atoms with van der Waals surface area (Å²) in [6.07, 6.45) is 4.88. The Morgan fingerprint density at radius 2 is 2.07 bits per heavy atom. The number of thioether (sulfide) groups is 1. The monoisotopic (exact) mass is 487 g/mol. The van der Waals surface area contributed by atoms with Crippen molar-refractivity contribution in [3.8, 4) is 0 Å². The van der Waals surface area contributed by atoms with Crippen LogP contribution >= 0.6 is 27.7 Å². The fraction of sp³-hybridized carbons (Fsp3) is 0.333. The van der Waals surface area contributed by atoms with Gasteiger partial charge in [-0.1, -0.05) is 22.0 Å². The van der Waals surface area contributed by atoms with Crippen LogP contribution in [0.15, 0.2) is 53.1 Å². The van der Waals surface area contributed by atoms with Gasteiger partial charge in [0.05, 0.1) is 12.0 Å². The number of hydrogen-bond donors (Lipinski definition) is 1. The molecule has 1 N–H and O–H groups in total. The molecule has 0 spiro atoms. The molecular weight excluding hydrogens is 466 g/mol. The van der Waals surface area contributed by atoms with Crippen molar-refractivity contribution < 1.29 is 9.59 Å². The summed E-state index contributed by atoms with van der Waals surface area (Å²) in [5.41, 5.74) is 1.55. The number of pyridine rings is 1. The van der Waals surface area contributed by atoms with Gasteiger partial charge in [0.25, 0.3) is 0 Å². The van der Waals surface area contributed by atoms with E-state index in [9.17, 15) is 9.59 Å². The van der Waals surface area contributed by atoms with Gasteiger partial charge in [-0.3, -0.25) is 14.0 Å². The minimum absolute atomic E-state index is 0.0361. The number of aromatic nitrogens is 3. The molecule has 4 rings (SSSR count). The van der Waals surface area contributed by atoms with Gasteiger partial charge in [-0.25, -0.2) is 0 Å². The van der Waals surface area contributed by atoms with Crippen molar-refractivity contribution >= 4 is 50.8 Å². The Hall–Kier alpha value is -2.39. The molecule has 1 fully saturated rings. The molecule has 156 valence electrons. The Morgan fingerprint density at radius 1 is 1.27 bits per heavy atom. The number of anilines is 1. The lowest BCUT2D eigenvalue weighted by Gasteiger charge is -2.20. The van der Waals surface area contributed by atoms with Gasteiger partial charge < -0.3 is 10.2 Å². The Bertz CT molecular complexity index is 1050. The van der Waals surface area contributed by atoms with E-state index in [0.29, 0.717) is 12.4 Å². The van der Waals surface area contributed by atoms with Crippen LogP contribution in [0.25, 0.3) is 5.65 Å². The van der Waals surface area contributed by atoms with Gasteiger partial charge in [-0.05, 0) is 54.8 Å². The largest absolute Gasteiger partial charge is 0.346 e. The number of halogens is 1. The molecule has 0 aliphatic carbocycles. The summed E-state index contributed by atoms with van der Waals surface area (Å²) < 4.78 is 2.85. The summed E-state index contributed by atoms with van der Waals surface area (Å²) in [4.78, 5) is 27.3. The van der Waals surface area contributed by atoms with E-state index in [1.165, 1.54) is 0 Å². The molecule has 3 heterocycles. The van der Waals surface area contributed by atoms with E-state index in [0.717, 1.165) is 28.0 Å². The number of nitrogens with zero attached hydrogens (tertiary/aromatic N) is 4. The fourth-order valence-electron chi connectivity index (χ4n) is 3.64. The molecule has 2 amide bonds. The number of fused-ring (bicyclic) bond motifs is 1. The third-order valence-corrected chi connectivity index (χ3v) is 6.39. The predicted octanol–water partition coefficient (Wildman–Crippen LogP) is 3.46. The van der Waals surface area contributed by atoms with Crippen LogP contribution in [0.1, 0.15) is 24.7 Å². The maximum absolute atomic E-state index is 13.1. The van der Waals surface area contributed by atoms with E-state index in [1.807, 2.05) is 59.3 Å². The number of nitrogens with one attached hydrogen (secondary N) is 1. The molecule has 2 unspecified atom stereocenters. The maximum atomic E-state index is 13.1. The van der Waals surface area contributed by atoms with Gasteiger partial charge in [-0.15, -0.1) is 10.2 Å². The molecule has 1 aromatic carbocycles. The zero-order valence-electron chi connectivity index (χ0n) is 16.5. The Balaban J connectivity index is 1.50. The average molecular weight is 488 g/mol.